The van der Waals surface area contributed by atoms with Crippen molar-refractivity contribution in [3.63, 3.8) is 0 Å². The average molecular weight is 350 g/mol. The minimum atomic E-state index is -1.30. The maximum atomic E-state index is 11.8. The Morgan fingerprint density at radius 1 is 1.45 bits per heavy atom. The summed E-state index contributed by atoms with van der Waals surface area (Å²) >= 11 is 5.87. The van der Waals surface area contributed by atoms with E-state index in [1.165, 1.54) is 6.92 Å². The SMILES string of the molecule is CC(OOC(C)(C)C)[C@H](NC(=O)Nc1n[nH]c(=S)s1)C(=O)O. The van der Waals surface area contributed by atoms with Crippen molar-refractivity contribution >= 4 is 40.7 Å². The van der Waals surface area contributed by atoms with E-state index in [1.807, 2.05) is 0 Å². The lowest BCUT2D eigenvalue weighted by molar-refractivity contribution is -0.372. The molecule has 0 bridgehead atoms. The summed E-state index contributed by atoms with van der Waals surface area (Å²) < 4.78 is 0.389. The van der Waals surface area contributed by atoms with Crippen LogP contribution in [-0.4, -0.2) is 45.1 Å². The monoisotopic (exact) mass is 350 g/mol. The van der Waals surface area contributed by atoms with E-state index in [0.29, 0.717) is 3.95 Å². The maximum Gasteiger partial charge on any atom is 0.329 e. The Bertz CT molecular complexity index is 580. The van der Waals surface area contributed by atoms with Gasteiger partial charge in [0.25, 0.3) is 0 Å². The van der Waals surface area contributed by atoms with Crippen LogP contribution in [0, 0.1) is 3.95 Å². The fraction of sp³-hybridized carbons (Fsp3) is 0.636. The molecule has 0 aliphatic rings. The van der Waals surface area contributed by atoms with Crippen LogP contribution in [0.1, 0.15) is 27.7 Å². The van der Waals surface area contributed by atoms with Crippen LogP contribution in [0.15, 0.2) is 0 Å². The summed E-state index contributed by atoms with van der Waals surface area (Å²) in [6.07, 6.45) is -0.903. The topological polar surface area (TPSA) is 126 Å². The number of nitrogens with one attached hydrogen (secondary N) is 3. The molecular formula is C11H18N4O5S2. The second kappa shape index (κ2) is 7.63. The molecule has 0 aliphatic heterocycles. The molecule has 0 saturated carbocycles. The number of anilines is 1. The van der Waals surface area contributed by atoms with Crippen molar-refractivity contribution in [2.24, 2.45) is 0 Å². The van der Waals surface area contributed by atoms with Gasteiger partial charge >= 0.3 is 12.0 Å². The Hall–Kier alpha value is -1.56. The minimum Gasteiger partial charge on any atom is -0.480 e. The predicted molar refractivity (Wildman–Crippen MR) is 82.3 cm³/mol. The van der Waals surface area contributed by atoms with Crippen molar-refractivity contribution in [2.45, 2.75) is 45.4 Å². The highest BCUT2D eigenvalue weighted by molar-refractivity contribution is 7.73. The highest BCUT2D eigenvalue weighted by Gasteiger charge is 2.29. The number of amides is 2. The van der Waals surface area contributed by atoms with Crippen LogP contribution < -0.4 is 10.6 Å². The molecule has 1 aromatic heterocycles. The maximum absolute atomic E-state index is 11.8. The van der Waals surface area contributed by atoms with Crippen LogP contribution in [0.3, 0.4) is 0 Å². The van der Waals surface area contributed by atoms with Gasteiger partial charge in [-0.05, 0) is 39.9 Å². The molecule has 0 aromatic carbocycles. The molecule has 1 aromatic rings. The Kier molecular flexibility index (Phi) is 6.41. The number of rotatable bonds is 6. The quantitative estimate of drug-likeness (QED) is 0.351. The van der Waals surface area contributed by atoms with Gasteiger partial charge in [0, 0.05) is 0 Å². The highest BCUT2D eigenvalue weighted by Crippen LogP contribution is 2.12. The lowest BCUT2D eigenvalue weighted by Gasteiger charge is -2.25. The first-order valence-corrected chi connectivity index (χ1v) is 7.51. The van der Waals surface area contributed by atoms with E-state index >= 15 is 0 Å². The molecule has 11 heteroatoms. The standard InChI is InChI=1S/C11H18N4O5S2/c1-5(19-20-11(2,3)4)6(7(16)17)12-8(18)13-9-14-15-10(21)22-9/h5-6H,1-4H3,(H,15,21)(H,16,17)(H2,12,13,14,18)/t5?,6-/m0/s1. The number of urea groups is 1. The molecule has 1 rings (SSSR count). The number of aliphatic carboxylic acids is 1. The van der Waals surface area contributed by atoms with Crippen LogP contribution in [-0.2, 0) is 14.6 Å². The third-order valence-electron chi connectivity index (χ3n) is 2.13. The first kappa shape index (κ1) is 18.5. The Morgan fingerprint density at radius 2 is 2.09 bits per heavy atom. The van der Waals surface area contributed by atoms with E-state index in [4.69, 9.17) is 22.0 Å². The molecule has 0 fully saturated rings. The molecular weight excluding hydrogens is 332 g/mol. The number of nitrogens with zero attached hydrogens (tertiary/aromatic N) is 1. The number of hydrogen-bond acceptors (Lipinski definition) is 7. The summed E-state index contributed by atoms with van der Waals surface area (Å²) in [5.74, 6) is -1.25. The van der Waals surface area contributed by atoms with Crippen LogP contribution in [0.5, 0.6) is 0 Å². The lowest BCUT2D eigenvalue weighted by atomic mass is 10.2. The number of carbonyl (C=O) groups is 2. The second-order valence-corrected chi connectivity index (χ2v) is 7.00. The first-order chi connectivity index (χ1) is 10.1. The van der Waals surface area contributed by atoms with E-state index in [2.05, 4.69) is 20.8 Å². The fourth-order valence-corrected chi connectivity index (χ4v) is 2.00. The molecule has 0 radical (unpaired) electrons. The van der Waals surface area contributed by atoms with Gasteiger partial charge in [-0.15, -0.1) is 5.10 Å². The molecule has 124 valence electrons. The number of aromatic nitrogens is 2. The zero-order valence-electron chi connectivity index (χ0n) is 12.5. The smallest absolute Gasteiger partial charge is 0.329 e. The van der Waals surface area contributed by atoms with Gasteiger partial charge in [-0.2, -0.15) is 0 Å². The van der Waals surface area contributed by atoms with Crippen LogP contribution in [0.2, 0.25) is 0 Å². The van der Waals surface area contributed by atoms with Crippen molar-refractivity contribution in [1.82, 2.24) is 15.5 Å². The molecule has 4 N–H and O–H groups in total. The summed E-state index contributed by atoms with van der Waals surface area (Å²) in [6, 6.07) is -2.04. The minimum absolute atomic E-state index is 0.228. The van der Waals surface area contributed by atoms with Crippen LogP contribution in [0.4, 0.5) is 9.93 Å². The molecule has 2 amide bonds. The van der Waals surface area contributed by atoms with Gasteiger partial charge in [-0.1, -0.05) is 11.3 Å². The summed E-state index contributed by atoms with van der Waals surface area (Å²) in [5, 5.41) is 20.3. The van der Waals surface area contributed by atoms with E-state index in [1.54, 1.807) is 20.8 Å². The van der Waals surface area contributed by atoms with E-state index in [0.717, 1.165) is 11.3 Å². The van der Waals surface area contributed by atoms with Crippen molar-refractivity contribution in [3.8, 4) is 0 Å². The number of hydrogen-bond donors (Lipinski definition) is 4. The van der Waals surface area contributed by atoms with Gasteiger partial charge in [-0.3, -0.25) is 10.4 Å². The number of aromatic amines is 1. The second-order valence-electron chi connectivity index (χ2n) is 5.33. The molecule has 2 atom stereocenters. The molecule has 22 heavy (non-hydrogen) atoms. The lowest BCUT2D eigenvalue weighted by Crippen LogP contribution is -2.50. The van der Waals surface area contributed by atoms with Gasteiger partial charge in [0.05, 0.1) is 5.60 Å². The van der Waals surface area contributed by atoms with Gasteiger partial charge < -0.3 is 10.4 Å². The van der Waals surface area contributed by atoms with E-state index in [-0.39, 0.29) is 5.13 Å². The summed E-state index contributed by atoms with van der Waals surface area (Å²) in [4.78, 5) is 33.1. The predicted octanol–water partition coefficient (Wildman–Crippen LogP) is 1.91. The Labute approximate surface area is 135 Å². The molecule has 1 unspecified atom stereocenters. The van der Waals surface area contributed by atoms with Crippen LogP contribution >= 0.6 is 23.6 Å². The van der Waals surface area contributed by atoms with Gasteiger partial charge in [-0.25, -0.2) is 19.4 Å². The van der Waals surface area contributed by atoms with Gasteiger partial charge in [0.1, 0.15) is 6.10 Å². The molecule has 0 saturated heterocycles. The summed E-state index contributed by atoms with van der Waals surface area (Å²) in [5.41, 5.74) is -0.601. The number of H-pyrrole nitrogens is 1. The van der Waals surface area contributed by atoms with Crippen molar-refractivity contribution < 1.29 is 24.5 Å². The highest BCUT2D eigenvalue weighted by atomic mass is 32.1. The molecule has 0 aliphatic carbocycles. The average Bonchev–Trinajstić information content (AvgIpc) is 2.77. The van der Waals surface area contributed by atoms with Crippen molar-refractivity contribution in [3.05, 3.63) is 3.95 Å². The third kappa shape index (κ3) is 6.47. The molecule has 0 spiro atoms. The Morgan fingerprint density at radius 3 is 2.55 bits per heavy atom. The fourth-order valence-electron chi connectivity index (χ4n) is 1.21. The van der Waals surface area contributed by atoms with Gasteiger partial charge in [0.15, 0.2) is 10.00 Å². The number of carboxylic acid groups (broad SMARTS) is 1. The van der Waals surface area contributed by atoms with E-state index < -0.39 is 29.7 Å². The normalized spacial score (nSPS) is 14.2. The molecule has 1 heterocycles. The molecule has 9 nitrogen and oxygen atoms in total. The largest absolute Gasteiger partial charge is 0.480 e. The zero-order valence-corrected chi connectivity index (χ0v) is 14.1. The van der Waals surface area contributed by atoms with Crippen LogP contribution in [0.25, 0.3) is 0 Å². The Balaban J connectivity index is 2.61. The number of carbonyl (C=O) groups excluding carboxylic acids is 1. The first-order valence-electron chi connectivity index (χ1n) is 6.29. The summed E-state index contributed by atoms with van der Waals surface area (Å²) in [7, 11) is 0. The van der Waals surface area contributed by atoms with Gasteiger partial charge in [0.2, 0.25) is 5.13 Å². The third-order valence-corrected chi connectivity index (χ3v) is 3.14. The summed E-state index contributed by atoms with van der Waals surface area (Å²) in [6.45, 7) is 6.73. The van der Waals surface area contributed by atoms with Crippen molar-refractivity contribution in [2.75, 3.05) is 5.32 Å². The number of carboxylic acids is 1. The zero-order chi connectivity index (χ0) is 16.9. The van der Waals surface area contributed by atoms with Crippen molar-refractivity contribution in [1.29, 1.82) is 0 Å². The van der Waals surface area contributed by atoms with E-state index in [9.17, 15) is 14.7 Å².